The molecule has 0 saturated carbocycles. The number of rotatable bonds is 5. The minimum absolute atomic E-state index is 0.620. The second-order valence-corrected chi connectivity index (χ2v) is 7.57. The molecule has 0 radical (unpaired) electrons. The van der Waals surface area contributed by atoms with Gasteiger partial charge >= 0.3 is 0 Å². The number of nitrogens with one attached hydrogen (secondary N) is 1. The Balaban J connectivity index is 1.54. The minimum atomic E-state index is 0.620. The summed E-state index contributed by atoms with van der Waals surface area (Å²) < 4.78 is 0. The van der Waals surface area contributed by atoms with Gasteiger partial charge in [0.15, 0.2) is 0 Å². The van der Waals surface area contributed by atoms with Crippen molar-refractivity contribution in [3.05, 3.63) is 48.4 Å². The molecule has 0 unspecified atom stereocenters. The van der Waals surface area contributed by atoms with Crippen molar-refractivity contribution in [2.45, 2.75) is 12.5 Å². The van der Waals surface area contributed by atoms with E-state index in [2.05, 4.69) is 50.9 Å². The fraction of sp³-hybridized carbons (Fsp3) is 0.412. The van der Waals surface area contributed by atoms with Crippen molar-refractivity contribution < 1.29 is 0 Å². The van der Waals surface area contributed by atoms with Gasteiger partial charge in [-0.3, -0.25) is 0 Å². The summed E-state index contributed by atoms with van der Waals surface area (Å²) in [6, 6.07) is 12.9. The molecule has 2 heterocycles. The molecule has 2 aromatic rings. The maximum atomic E-state index is 4.68. The molecule has 3 nitrogen and oxygen atoms in total. The first-order valence-corrected chi connectivity index (χ1v) is 9.99. The number of aromatic nitrogens is 2. The lowest BCUT2D eigenvalue weighted by Gasteiger charge is -2.14. The van der Waals surface area contributed by atoms with Gasteiger partial charge in [0, 0.05) is 53.8 Å². The van der Waals surface area contributed by atoms with E-state index >= 15 is 0 Å². The van der Waals surface area contributed by atoms with E-state index in [0.29, 0.717) is 6.04 Å². The van der Waals surface area contributed by atoms with Gasteiger partial charge in [-0.1, -0.05) is 30.3 Å². The molecule has 1 aromatic heterocycles. The summed E-state index contributed by atoms with van der Waals surface area (Å²) >= 11 is 4.11. The molecule has 3 rings (SSSR count). The fourth-order valence-electron chi connectivity index (χ4n) is 2.41. The molecule has 5 heteroatoms. The van der Waals surface area contributed by atoms with Crippen LogP contribution in [-0.2, 0) is 6.42 Å². The van der Waals surface area contributed by atoms with Crippen LogP contribution in [0.25, 0.3) is 11.3 Å². The Kier molecular flexibility index (Phi) is 6.16. The van der Waals surface area contributed by atoms with Crippen LogP contribution in [0.1, 0.15) is 5.82 Å². The molecular formula is C17H21N3S2. The van der Waals surface area contributed by atoms with Crippen LogP contribution >= 0.6 is 23.5 Å². The second-order valence-electron chi connectivity index (χ2n) is 5.28. The van der Waals surface area contributed by atoms with E-state index in [0.717, 1.165) is 30.0 Å². The van der Waals surface area contributed by atoms with Crippen molar-refractivity contribution in [1.82, 2.24) is 15.3 Å². The monoisotopic (exact) mass is 331 g/mol. The number of nitrogens with zero attached hydrogens (tertiary/aromatic N) is 2. The van der Waals surface area contributed by atoms with Crippen LogP contribution in [0.3, 0.4) is 0 Å². The third-order valence-electron chi connectivity index (χ3n) is 3.57. The Hall–Kier alpha value is -1.04. The lowest BCUT2D eigenvalue weighted by Crippen LogP contribution is -2.34. The molecule has 1 N–H and O–H groups in total. The standard InChI is InChI=1S/C17H21N3S2/c1-2-4-14(5-3-1)16-6-8-19-17(20-16)7-9-18-15-12-21-10-11-22-13-15/h1-6,8,15,18H,7,9-13H2. The van der Waals surface area contributed by atoms with Gasteiger partial charge < -0.3 is 5.32 Å². The summed E-state index contributed by atoms with van der Waals surface area (Å²) in [6.07, 6.45) is 2.74. The molecule has 116 valence electrons. The SMILES string of the molecule is c1ccc(-c2ccnc(CCNC3CSCCSC3)n2)cc1. The highest BCUT2D eigenvalue weighted by atomic mass is 32.2. The van der Waals surface area contributed by atoms with E-state index in [4.69, 9.17) is 0 Å². The molecule has 22 heavy (non-hydrogen) atoms. The van der Waals surface area contributed by atoms with Gasteiger partial charge in [0.2, 0.25) is 0 Å². The van der Waals surface area contributed by atoms with Crippen LogP contribution in [0.4, 0.5) is 0 Å². The predicted molar refractivity (Wildman–Crippen MR) is 97.6 cm³/mol. The van der Waals surface area contributed by atoms with Crippen molar-refractivity contribution in [2.24, 2.45) is 0 Å². The van der Waals surface area contributed by atoms with Crippen molar-refractivity contribution in [3.8, 4) is 11.3 Å². The molecule has 1 aliphatic heterocycles. The van der Waals surface area contributed by atoms with Crippen LogP contribution in [0.2, 0.25) is 0 Å². The predicted octanol–water partition coefficient (Wildman–Crippen LogP) is 3.12. The maximum absolute atomic E-state index is 4.68. The summed E-state index contributed by atoms with van der Waals surface area (Å²) in [5.41, 5.74) is 2.15. The highest BCUT2D eigenvalue weighted by Crippen LogP contribution is 2.17. The molecule has 0 spiro atoms. The average Bonchev–Trinajstić information content (AvgIpc) is 2.85. The van der Waals surface area contributed by atoms with E-state index in [1.807, 2.05) is 30.5 Å². The maximum Gasteiger partial charge on any atom is 0.130 e. The van der Waals surface area contributed by atoms with Crippen molar-refractivity contribution in [2.75, 3.05) is 29.6 Å². The molecular weight excluding hydrogens is 310 g/mol. The Labute approximate surface area is 140 Å². The van der Waals surface area contributed by atoms with E-state index in [-0.39, 0.29) is 0 Å². The second kappa shape index (κ2) is 8.56. The van der Waals surface area contributed by atoms with E-state index in [9.17, 15) is 0 Å². The zero-order valence-electron chi connectivity index (χ0n) is 12.6. The first-order chi connectivity index (χ1) is 10.9. The molecule has 0 aliphatic carbocycles. The zero-order valence-corrected chi connectivity index (χ0v) is 14.2. The van der Waals surface area contributed by atoms with Gasteiger partial charge in [0.25, 0.3) is 0 Å². The molecule has 0 bridgehead atoms. The number of benzene rings is 1. The van der Waals surface area contributed by atoms with Gasteiger partial charge in [-0.15, -0.1) is 0 Å². The Morgan fingerprint density at radius 1 is 1.05 bits per heavy atom. The smallest absolute Gasteiger partial charge is 0.130 e. The third kappa shape index (κ3) is 4.73. The van der Waals surface area contributed by atoms with Crippen molar-refractivity contribution >= 4 is 23.5 Å². The van der Waals surface area contributed by atoms with Gasteiger partial charge in [-0.05, 0) is 6.07 Å². The summed E-state index contributed by atoms with van der Waals surface area (Å²) in [6.45, 7) is 0.948. The van der Waals surface area contributed by atoms with Crippen LogP contribution in [0.15, 0.2) is 42.6 Å². The number of hydrogen-bond donors (Lipinski definition) is 1. The quantitative estimate of drug-likeness (QED) is 0.911. The minimum Gasteiger partial charge on any atom is -0.312 e. The summed E-state index contributed by atoms with van der Waals surface area (Å²) in [5.74, 6) is 5.93. The van der Waals surface area contributed by atoms with Gasteiger partial charge in [0.05, 0.1) is 5.69 Å². The summed E-state index contributed by atoms with van der Waals surface area (Å²) in [5, 5.41) is 3.65. The average molecular weight is 332 g/mol. The normalized spacial score (nSPS) is 16.4. The van der Waals surface area contributed by atoms with Crippen LogP contribution in [-0.4, -0.2) is 45.6 Å². The van der Waals surface area contributed by atoms with Crippen molar-refractivity contribution in [1.29, 1.82) is 0 Å². The van der Waals surface area contributed by atoms with Crippen LogP contribution in [0.5, 0.6) is 0 Å². The number of thioether (sulfide) groups is 2. The lowest BCUT2D eigenvalue weighted by molar-refractivity contribution is 0.596. The largest absolute Gasteiger partial charge is 0.312 e. The molecule has 1 fully saturated rings. The number of hydrogen-bond acceptors (Lipinski definition) is 5. The molecule has 1 aliphatic rings. The van der Waals surface area contributed by atoms with E-state index < -0.39 is 0 Å². The Bertz CT molecular complexity index is 569. The molecule has 1 aromatic carbocycles. The Morgan fingerprint density at radius 3 is 2.59 bits per heavy atom. The molecule has 0 amide bonds. The highest BCUT2D eigenvalue weighted by Gasteiger charge is 2.12. The topological polar surface area (TPSA) is 37.8 Å². The lowest BCUT2D eigenvalue weighted by atomic mass is 10.1. The summed E-state index contributed by atoms with van der Waals surface area (Å²) in [4.78, 5) is 9.09. The van der Waals surface area contributed by atoms with Crippen LogP contribution < -0.4 is 5.32 Å². The van der Waals surface area contributed by atoms with Gasteiger partial charge in [-0.2, -0.15) is 23.5 Å². The first-order valence-electron chi connectivity index (χ1n) is 7.68. The Morgan fingerprint density at radius 2 is 1.82 bits per heavy atom. The molecule has 1 saturated heterocycles. The van der Waals surface area contributed by atoms with E-state index in [1.54, 1.807) is 0 Å². The zero-order chi connectivity index (χ0) is 15.0. The highest BCUT2D eigenvalue weighted by molar-refractivity contribution is 8.03. The van der Waals surface area contributed by atoms with Crippen molar-refractivity contribution in [3.63, 3.8) is 0 Å². The summed E-state index contributed by atoms with van der Waals surface area (Å²) in [7, 11) is 0. The van der Waals surface area contributed by atoms with Crippen LogP contribution in [0, 0.1) is 0 Å². The first kappa shape index (κ1) is 15.8. The molecule has 0 atom stereocenters. The fourth-order valence-corrected chi connectivity index (χ4v) is 4.88. The van der Waals surface area contributed by atoms with Gasteiger partial charge in [-0.25, -0.2) is 9.97 Å². The van der Waals surface area contributed by atoms with Gasteiger partial charge in [0.1, 0.15) is 5.82 Å². The van der Waals surface area contributed by atoms with E-state index in [1.165, 1.54) is 23.0 Å². The third-order valence-corrected chi connectivity index (χ3v) is 6.09.